The van der Waals surface area contributed by atoms with Crippen molar-refractivity contribution in [2.45, 2.75) is 45.4 Å². The molecule has 1 aliphatic heterocycles. The lowest BCUT2D eigenvalue weighted by Crippen LogP contribution is -2.49. The summed E-state index contributed by atoms with van der Waals surface area (Å²) in [7, 11) is 0. The third kappa shape index (κ3) is 4.48. The van der Waals surface area contributed by atoms with Crippen LogP contribution in [0.2, 0.25) is 0 Å². The minimum absolute atomic E-state index is 0.0170. The monoisotopic (exact) mass is 436 g/mol. The van der Waals surface area contributed by atoms with Crippen molar-refractivity contribution in [3.8, 4) is 11.5 Å². The van der Waals surface area contributed by atoms with Crippen LogP contribution in [0.4, 0.5) is 0 Å². The minimum Gasteiger partial charge on any atom is -0.507 e. The highest BCUT2D eigenvalue weighted by atomic mass is 16.5. The summed E-state index contributed by atoms with van der Waals surface area (Å²) in [6.07, 6.45) is 1.96. The maximum Gasteiger partial charge on any atom is 0.255 e. The van der Waals surface area contributed by atoms with Gasteiger partial charge in [0.25, 0.3) is 5.91 Å². The number of aryl methyl sites for hydroxylation is 1. The molecule has 32 heavy (non-hydrogen) atoms. The number of amides is 1. The van der Waals surface area contributed by atoms with Crippen LogP contribution < -0.4 is 15.5 Å². The van der Waals surface area contributed by atoms with Crippen LogP contribution in [-0.4, -0.2) is 41.3 Å². The molecule has 168 valence electrons. The summed E-state index contributed by atoms with van der Waals surface area (Å²) in [4.78, 5) is 27.6. The molecule has 1 aliphatic rings. The molecule has 1 atom stereocenters. The number of benzene rings is 2. The van der Waals surface area contributed by atoms with Gasteiger partial charge in [0.05, 0.1) is 10.9 Å². The van der Waals surface area contributed by atoms with Crippen molar-refractivity contribution >= 4 is 16.9 Å². The van der Waals surface area contributed by atoms with Crippen LogP contribution in [0.3, 0.4) is 0 Å². The quantitative estimate of drug-likeness (QED) is 0.610. The zero-order valence-corrected chi connectivity index (χ0v) is 18.3. The van der Waals surface area contributed by atoms with Crippen LogP contribution in [0, 0.1) is 6.92 Å². The Balaban J connectivity index is 1.41. The summed E-state index contributed by atoms with van der Waals surface area (Å²) in [5.74, 6) is 0.434. The summed E-state index contributed by atoms with van der Waals surface area (Å²) < 4.78 is 12.0. The van der Waals surface area contributed by atoms with Gasteiger partial charge in [0, 0.05) is 19.1 Å². The Morgan fingerprint density at radius 2 is 1.88 bits per heavy atom. The lowest BCUT2D eigenvalue weighted by Gasteiger charge is -2.37. The fourth-order valence-electron chi connectivity index (χ4n) is 4.19. The molecule has 1 amide bonds. The molecule has 1 unspecified atom stereocenters. The first-order valence-corrected chi connectivity index (χ1v) is 11.0. The number of likely N-dealkylation sites (tertiary alicyclic amines) is 1. The predicted octanol–water partition coefficient (Wildman–Crippen LogP) is 3.82. The van der Waals surface area contributed by atoms with Crippen LogP contribution in [0.25, 0.3) is 11.0 Å². The Morgan fingerprint density at radius 1 is 1.19 bits per heavy atom. The Morgan fingerprint density at radius 3 is 2.59 bits per heavy atom. The zero-order chi connectivity index (χ0) is 22.7. The number of ether oxygens (including phenoxy) is 1. The molecular weight excluding hydrogens is 408 g/mol. The fraction of sp³-hybridized carbons (Fsp3) is 0.360. The molecule has 0 aliphatic carbocycles. The Bertz CT molecular complexity index is 1160. The number of carbonyl (C=O) groups is 1. The van der Waals surface area contributed by atoms with Gasteiger partial charge in [-0.3, -0.25) is 14.5 Å². The predicted molar refractivity (Wildman–Crippen MR) is 122 cm³/mol. The minimum atomic E-state index is -0.269. The number of hydrogen-bond donors (Lipinski definition) is 2. The largest absolute Gasteiger partial charge is 0.507 e. The maximum atomic E-state index is 12.9. The van der Waals surface area contributed by atoms with Crippen LogP contribution in [-0.2, 0) is 0 Å². The molecule has 2 N–H and O–H groups in total. The number of piperidine rings is 1. The van der Waals surface area contributed by atoms with Crippen LogP contribution in [0.15, 0.2) is 57.7 Å². The van der Waals surface area contributed by atoms with Crippen molar-refractivity contribution in [3.63, 3.8) is 0 Å². The van der Waals surface area contributed by atoms with Gasteiger partial charge in [-0.25, -0.2) is 0 Å². The second kappa shape index (κ2) is 9.44. The first-order valence-electron chi connectivity index (χ1n) is 11.0. The number of nitrogens with zero attached hydrogens (tertiary/aromatic N) is 1. The SMILES string of the molecule is CCC(Oc1c(C)oc2ccccc2c1=O)N1CCC(NC(=O)c2ccccc2O)CC1. The van der Waals surface area contributed by atoms with Gasteiger partial charge in [0.15, 0.2) is 6.23 Å². The molecular formula is C25H28N2O5. The van der Waals surface area contributed by atoms with E-state index in [1.54, 1.807) is 37.3 Å². The van der Waals surface area contributed by atoms with E-state index in [1.807, 2.05) is 19.1 Å². The van der Waals surface area contributed by atoms with E-state index in [-0.39, 0.29) is 40.7 Å². The van der Waals surface area contributed by atoms with Gasteiger partial charge in [0.1, 0.15) is 17.1 Å². The molecule has 0 radical (unpaired) electrons. The number of fused-ring (bicyclic) bond motifs is 1. The number of para-hydroxylation sites is 2. The lowest BCUT2D eigenvalue weighted by atomic mass is 10.0. The van der Waals surface area contributed by atoms with Crippen molar-refractivity contribution < 1.29 is 19.1 Å². The van der Waals surface area contributed by atoms with E-state index in [2.05, 4.69) is 10.2 Å². The first kappa shape index (κ1) is 21.9. The van der Waals surface area contributed by atoms with Crippen LogP contribution >= 0.6 is 0 Å². The standard InChI is InChI=1S/C25H28N2O5/c1-3-22(32-24-16(2)31-21-11-7-5-9-19(21)23(24)29)27-14-12-17(13-15-27)26-25(30)18-8-4-6-10-20(18)28/h4-11,17,22,28H,3,12-15H2,1-2H3,(H,26,30). The Kier molecular flexibility index (Phi) is 6.46. The summed E-state index contributed by atoms with van der Waals surface area (Å²) in [6.45, 7) is 5.22. The number of phenols is 1. The van der Waals surface area contributed by atoms with E-state index >= 15 is 0 Å². The van der Waals surface area contributed by atoms with E-state index in [9.17, 15) is 14.7 Å². The molecule has 2 aromatic carbocycles. The van der Waals surface area contributed by atoms with Crippen LogP contribution in [0.5, 0.6) is 11.5 Å². The molecule has 0 bridgehead atoms. The second-order valence-electron chi connectivity index (χ2n) is 8.09. The molecule has 0 saturated carbocycles. The van der Waals surface area contributed by atoms with Gasteiger partial charge >= 0.3 is 0 Å². The van der Waals surface area contributed by atoms with Gasteiger partial charge < -0.3 is 19.6 Å². The highest BCUT2D eigenvalue weighted by Gasteiger charge is 2.28. The van der Waals surface area contributed by atoms with Crippen molar-refractivity contribution in [1.82, 2.24) is 10.2 Å². The van der Waals surface area contributed by atoms with E-state index in [0.717, 1.165) is 25.9 Å². The molecule has 0 spiro atoms. The molecule has 7 nitrogen and oxygen atoms in total. The van der Waals surface area contributed by atoms with E-state index in [4.69, 9.17) is 9.15 Å². The highest BCUT2D eigenvalue weighted by molar-refractivity contribution is 5.96. The maximum absolute atomic E-state index is 12.9. The van der Waals surface area contributed by atoms with Gasteiger partial charge in [-0.15, -0.1) is 0 Å². The lowest BCUT2D eigenvalue weighted by molar-refractivity contribution is 0.00213. The molecule has 1 saturated heterocycles. The molecule has 2 heterocycles. The van der Waals surface area contributed by atoms with Gasteiger partial charge in [-0.1, -0.05) is 31.2 Å². The third-order valence-electron chi connectivity index (χ3n) is 5.94. The van der Waals surface area contributed by atoms with E-state index in [1.165, 1.54) is 6.07 Å². The van der Waals surface area contributed by atoms with Crippen molar-refractivity contribution in [1.29, 1.82) is 0 Å². The van der Waals surface area contributed by atoms with E-state index in [0.29, 0.717) is 23.2 Å². The third-order valence-corrected chi connectivity index (χ3v) is 5.94. The highest BCUT2D eigenvalue weighted by Crippen LogP contribution is 2.24. The van der Waals surface area contributed by atoms with Crippen molar-refractivity contribution in [3.05, 3.63) is 70.1 Å². The molecule has 3 aromatic rings. The van der Waals surface area contributed by atoms with Gasteiger partial charge in [-0.2, -0.15) is 0 Å². The number of phenolic OH excluding ortho intramolecular Hbond substituents is 1. The molecule has 1 aromatic heterocycles. The number of aromatic hydroxyl groups is 1. The summed E-state index contributed by atoms with van der Waals surface area (Å²) in [6, 6.07) is 13.7. The Hall–Kier alpha value is -3.32. The normalized spacial score (nSPS) is 16.1. The van der Waals surface area contributed by atoms with Crippen LogP contribution in [0.1, 0.15) is 42.3 Å². The number of carbonyl (C=O) groups excluding carboxylic acids is 1. The number of hydrogen-bond acceptors (Lipinski definition) is 6. The topological polar surface area (TPSA) is 92.0 Å². The number of rotatable bonds is 6. The summed E-state index contributed by atoms with van der Waals surface area (Å²) in [5, 5.41) is 13.4. The summed E-state index contributed by atoms with van der Waals surface area (Å²) in [5.41, 5.74) is 0.673. The zero-order valence-electron chi connectivity index (χ0n) is 18.3. The molecule has 4 rings (SSSR count). The second-order valence-corrected chi connectivity index (χ2v) is 8.09. The average molecular weight is 437 g/mol. The van der Waals surface area contributed by atoms with Gasteiger partial charge in [-0.05, 0) is 50.5 Å². The molecule has 1 fully saturated rings. The first-order chi connectivity index (χ1) is 15.5. The molecule has 7 heteroatoms. The Labute approximate surface area is 186 Å². The van der Waals surface area contributed by atoms with Gasteiger partial charge in [0.2, 0.25) is 11.2 Å². The van der Waals surface area contributed by atoms with Crippen molar-refractivity contribution in [2.75, 3.05) is 13.1 Å². The van der Waals surface area contributed by atoms with E-state index < -0.39 is 0 Å². The smallest absolute Gasteiger partial charge is 0.255 e. The number of nitrogens with one attached hydrogen (secondary N) is 1. The van der Waals surface area contributed by atoms with Crippen molar-refractivity contribution in [2.24, 2.45) is 0 Å². The summed E-state index contributed by atoms with van der Waals surface area (Å²) >= 11 is 0. The fourth-order valence-corrected chi connectivity index (χ4v) is 4.19. The average Bonchev–Trinajstić information content (AvgIpc) is 2.80.